The van der Waals surface area contributed by atoms with Crippen molar-refractivity contribution in [1.82, 2.24) is 30.2 Å². The molecule has 1 aliphatic heterocycles. The number of carboxylic acids is 1. The van der Waals surface area contributed by atoms with Crippen LogP contribution >= 0.6 is 0 Å². The average molecular weight is 675 g/mol. The van der Waals surface area contributed by atoms with Gasteiger partial charge in [0.25, 0.3) is 5.91 Å². The first kappa shape index (κ1) is 34.9. The molecule has 2 N–H and O–H groups in total. The second kappa shape index (κ2) is 14.9. The Balaban J connectivity index is 1.11. The molecule has 3 heterocycles. The molecule has 1 aliphatic carbocycles. The first-order valence-electron chi connectivity index (χ1n) is 17.6. The van der Waals surface area contributed by atoms with E-state index < -0.39 is 23.8 Å². The molecule has 2 aromatic heterocycles. The summed E-state index contributed by atoms with van der Waals surface area (Å²) in [6, 6.07) is 15.5. The smallest absolute Gasteiger partial charge is 0.310 e. The molecule has 2 aromatic carbocycles. The predicted molar refractivity (Wildman–Crippen MR) is 191 cm³/mol. The Bertz CT molecular complexity index is 1790. The molecule has 10 heteroatoms. The number of carbonyl (C=O) groups is 3. The summed E-state index contributed by atoms with van der Waals surface area (Å²) in [5.41, 5.74) is 5.08. The van der Waals surface area contributed by atoms with Crippen LogP contribution in [0, 0.1) is 11.8 Å². The third-order valence-corrected chi connectivity index (χ3v) is 10.2. The Morgan fingerprint density at radius 1 is 0.820 bits per heavy atom. The molecule has 2 aliphatic rings. The van der Waals surface area contributed by atoms with Gasteiger partial charge >= 0.3 is 5.97 Å². The molecule has 0 bridgehead atoms. The Kier molecular flexibility index (Phi) is 10.4. The van der Waals surface area contributed by atoms with Gasteiger partial charge in [-0.2, -0.15) is 0 Å². The number of aliphatic carboxylic acids is 1. The van der Waals surface area contributed by atoms with Gasteiger partial charge in [0, 0.05) is 60.8 Å². The van der Waals surface area contributed by atoms with E-state index in [-0.39, 0.29) is 36.4 Å². The molecule has 1 atom stereocenters. The van der Waals surface area contributed by atoms with Crippen molar-refractivity contribution in [3.05, 3.63) is 95.8 Å². The van der Waals surface area contributed by atoms with Gasteiger partial charge in [-0.05, 0) is 54.2 Å². The van der Waals surface area contributed by atoms with Crippen LogP contribution < -0.4 is 5.32 Å². The van der Waals surface area contributed by atoms with E-state index in [1.807, 2.05) is 57.4 Å². The van der Waals surface area contributed by atoms with E-state index in [4.69, 9.17) is 0 Å². The Hall–Kier alpha value is -4.99. The second-order valence-corrected chi connectivity index (χ2v) is 14.8. The molecule has 10 nitrogen and oxygen atoms in total. The normalized spacial score (nSPS) is 18.6. The maximum atomic E-state index is 13.5. The molecule has 6 rings (SSSR count). The number of hydrogen-bond donors (Lipinski definition) is 2. The lowest BCUT2D eigenvalue weighted by molar-refractivity contribution is -0.153. The highest BCUT2D eigenvalue weighted by Gasteiger charge is 2.39. The quantitative estimate of drug-likeness (QED) is 0.195. The van der Waals surface area contributed by atoms with Gasteiger partial charge in [0.05, 0.1) is 11.5 Å². The van der Waals surface area contributed by atoms with E-state index in [2.05, 4.69) is 56.4 Å². The summed E-state index contributed by atoms with van der Waals surface area (Å²) in [4.78, 5) is 57.5. The zero-order valence-electron chi connectivity index (χ0n) is 29.3. The number of rotatable bonds is 10. The molecule has 0 unspecified atom stereocenters. The van der Waals surface area contributed by atoms with E-state index in [1.54, 1.807) is 0 Å². The van der Waals surface area contributed by atoms with Gasteiger partial charge in [0.15, 0.2) is 5.82 Å². The van der Waals surface area contributed by atoms with Gasteiger partial charge in [-0.1, -0.05) is 82.6 Å². The highest BCUT2D eigenvalue weighted by Crippen LogP contribution is 2.37. The lowest BCUT2D eigenvalue weighted by Gasteiger charge is -2.39. The molecular formula is C40H46N6O4. The molecule has 2 amide bonds. The summed E-state index contributed by atoms with van der Waals surface area (Å²) in [7, 11) is 0. The maximum absolute atomic E-state index is 13.5. The number of likely N-dealkylation sites (tertiary alicyclic amines) is 1. The van der Waals surface area contributed by atoms with Gasteiger partial charge in [-0.15, -0.1) is 0 Å². The first-order chi connectivity index (χ1) is 24.0. The average Bonchev–Trinajstić information content (AvgIpc) is 3.10. The molecule has 1 saturated heterocycles. The van der Waals surface area contributed by atoms with E-state index in [0.29, 0.717) is 17.6 Å². The first-order valence-corrected chi connectivity index (χ1v) is 17.6. The molecule has 1 saturated carbocycles. The largest absolute Gasteiger partial charge is 0.481 e. The molecule has 2 fully saturated rings. The zero-order valence-corrected chi connectivity index (χ0v) is 29.3. The van der Waals surface area contributed by atoms with Gasteiger partial charge < -0.3 is 15.3 Å². The van der Waals surface area contributed by atoms with Crippen molar-refractivity contribution in [2.45, 2.75) is 83.6 Å². The van der Waals surface area contributed by atoms with Crippen LogP contribution in [0.2, 0.25) is 0 Å². The van der Waals surface area contributed by atoms with Crippen LogP contribution in [0.3, 0.4) is 0 Å². The number of hydrogen-bond acceptors (Lipinski definition) is 7. The molecule has 4 aromatic rings. The fourth-order valence-corrected chi connectivity index (χ4v) is 6.81. The van der Waals surface area contributed by atoms with Crippen molar-refractivity contribution in [1.29, 1.82) is 0 Å². The number of nitrogens with zero attached hydrogens (tertiary/aromatic N) is 5. The number of aromatic nitrogens is 4. The van der Waals surface area contributed by atoms with Crippen molar-refractivity contribution < 1.29 is 19.5 Å². The highest BCUT2D eigenvalue weighted by molar-refractivity contribution is 5.97. The maximum Gasteiger partial charge on any atom is 0.310 e. The van der Waals surface area contributed by atoms with Crippen LogP contribution in [0.15, 0.2) is 73.3 Å². The SMILES string of the molecule is CCC1CCC(c2ccc(-c3cnc(-c4ccc(C[C@H](NC(=O)c5cnc(C(C)(C)C)nc5)C(=O)N5CC(C(=O)O)C5)cc4)nc3)cc2)CC1. The van der Waals surface area contributed by atoms with E-state index in [0.717, 1.165) is 28.2 Å². The molecular weight excluding hydrogens is 628 g/mol. The number of nitrogens with one attached hydrogen (secondary N) is 1. The number of carbonyl (C=O) groups excluding carboxylic acids is 2. The molecule has 50 heavy (non-hydrogen) atoms. The van der Waals surface area contributed by atoms with E-state index in [9.17, 15) is 19.5 Å². The van der Waals surface area contributed by atoms with E-state index in [1.165, 1.54) is 55.0 Å². The summed E-state index contributed by atoms with van der Waals surface area (Å²) in [6.07, 6.45) is 13.3. The Morgan fingerprint density at radius 2 is 1.42 bits per heavy atom. The number of carboxylic acid groups (broad SMARTS) is 1. The van der Waals surface area contributed by atoms with Crippen molar-refractivity contribution >= 4 is 17.8 Å². The fourth-order valence-electron chi connectivity index (χ4n) is 6.81. The minimum absolute atomic E-state index is 0.111. The topological polar surface area (TPSA) is 138 Å². The minimum Gasteiger partial charge on any atom is -0.481 e. The lowest BCUT2D eigenvalue weighted by Crippen LogP contribution is -2.59. The third-order valence-electron chi connectivity index (χ3n) is 10.2. The Morgan fingerprint density at radius 3 is 1.98 bits per heavy atom. The molecule has 260 valence electrons. The van der Waals surface area contributed by atoms with Crippen molar-refractivity contribution in [2.75, 3.05) is 13.1 Å². The number of benzene rings is 2. The summed E-state index contributed by atoms with van der Waals surface area (Å²) in [5, 5.41) is 12.2. The van der Waals surface area contributed by atoms with Crippen LogP contribution in [-0.4, -0.2) is 66.9 Å². The minimum atomic E-state index is -0.936. The monoisotopic (exact) mass is 674 g/mol. The predicted octanol–water partition coefficient (Wildman–Crippen LogP) is 6.47. The van der Waals surface area contributed by atoms with Gasteiger partial charge in [0.2, 0.25) is 5.91 Å². The van der Waals surface area contributed by atoms with Gasteiger partial charge in [-0.3, -0.25) is 14.4 Å². The van der Waals surface area contributed by atoms with Crippen LogP contribution in [0.25, 0.3) is 22.5 Å². The summed E-state index contributed by atoms with van der Waals surface area (Å²) < 4.78 is 0. The van der Waals surface area contributed by atoms with Crippen LogP contribution in [0.1, 0.15) is 93.0 Å². The molecule has 0 spiro atoms. The standard InChI is InChI=1S/C40H46N6O4/c1-5-25-6-10-27(11-7-25)28-14-16-29(17-15-28)31-19-41-35(42-20-31)30-12-8-26(9-13-30)18-34(37(48)46-23-33(24-46)38(49)50)45-36(47)32-21-43-39(44-22-32)40(2,3)4/h8-9,12-17,19-22,25,27,33-34H,5-7,10-11,18,23-24H2,1-4H3,(H,45,47)(H,49,50)/t25?,27?,34-/m0/s1. The number of amides is 2. The van der Waals surface area contributed by atoms with Crippen LogP contribution in [0.4, 0.5) is 0 Å². The molecule has 0 radical (unpaired) electrons. The third kappa shape index (κ3) is 8.07. The van der Waals surface area contributed by atoms with Crippen LogP contribution in [0.5, 0.6) is 0 Å². The summed E-state index contributed by atoms with van der Waals surface area (Å²) in [6.45, 7) is 8.47. The van der Waals surface area contributed by atoms with E-state index >= 15 is 0 Å². The van der Waals surface area contributed by atoms with Gasteiger partial charge in [0.1, 0.15) is 11.9 Å². The summed E-state index contributed by atoms with van der Waals surface area (Å²) >= 11 is 0. The van der Waals surface area contributed by atoms with Crippen LogP contribution in [-0.2, 0) is 21.4 Å². The summed E-state index contributed by atoms with van der Waals surface area (Å²) in [5.74, 6) is 0.386. The zero-order chi connectivity index (χ0) is 35.4. The lowest BCUT2D eigenvalue weighted by atomic mass is 9.78. The van der Waals surface area contributed by atoms with Gasteiger partial charge in [-0.25, -0.2) is 19.9 Å². The van der Waals surface area contributed by atoms with Crippen molar-refractivity contribution in [3.63, 3.8) is 0 Å². The highest BCUT2D eigenvalue weighted by atomic mass is 16.4. The fraction of sp³-hybridized carbons (Fsp3) is 0.425. The van der Waals surface area contributed by atoms with Crippen molar-refractivity contribution in [3.8, 4) is 22.5 Å². The Labute approximate surface area is 293 Å². The van der Waals surface area contributed by atoms with Crippen molar-refractivity contribution in [2.24, 2.45) is 11.8 Å². The second-order valence-electron chi connectivity index (χ2n) is 14.8.